The molecular weight excluding hydrogens is 400 g/mol. The summed E-state index contributed by atoms with van der Waals surface area (Å²) in [6, 6.07) is 16.1. The third-order valence-electron chi connectivity index (χ3n) is 5.97. The SMILES string of the molecule is CCOC(=O)C1(CC=Cc2ccccc2)CCCN(Cc2cccn2-c2ncccn2)C1. The van der Waals surface area contributed by atoms with E-state index in [-0.39, 0.29) is 5.97 Å². The van der Waals surface area contributed by atoms with Gasteiger partial charge in [0.25, 0.3) is 0 Å². The van der Waals surface area contributed by atoms with Crippen LogP contribution in [0, 0.1) is 5.41 Å². The Morgan fingerprint density at radius 1 is 1.12 bits per heavy atom. The maximum absolute atomic E-state index is 13.1. The van der Waals surface area contributed by atoms with Crippen LogP contribution < -0.4 is 0 Å². The highest BCUT2D eigenvalue weighted by Crippen LogP contribution is 2.36. The molecule has 0 radical (unpaired) electrons. The van der Waals surface area contributed by atoms with Gasteiger partial charge in [-0.15, -0.1) is 0 Å². The number of carbonyl (C=O) groups excluding carboxylic acids is 1. The van der Waals surface area contributed by atoms with E-state index in [0.717, 1.165) is 37.2 Å². The van der Waals surface area contributed by atoms with Crippen LogP contribution in [0.5, 0.6) is 0 Å². The largest absolute Gasteiger partial charge is 0.466 e. The third kappa shape index (κ3) is 5.14. The highest BCUT2D eigenvalue weighted by atomic mass is 16.5. The summed E-state index contributed by atoms with van der Waals surface area (Å²) in [4.78, 5) is 24.2. The van der Waals surface area contributed by atoms with Gasteiger partial charge in [0.1, 0.15) is 0 Å². The van der Waals surface area contributed by atoms with Crippen LogP contribution in [0.1, 0.15) is 37.4 Å². The number of esters is 1. The van der Waals surface area contributed by atoms with Crippen LogP contribution in [0.4, 0.5) is 0 Å². The van der Waals surface area contributed by atoms with Crippen LogP contribution in [-0.2, 0) is 16.1 Å². The highest BCUT2D eigenvalue weighted by molar-refractivity contribution is 5.77. The zero-order valence-corrected chi connectivity index (χ0v) is 18.6. The molecule has 0 bridgehead atoms. The van der Waals surface area contributed by atoms with Crippen molar-refractivity contribution in [2.24, 2.45) is 5.41 Å². The number of rotatable bonds is 8. The van der Waals surface area contributed by atoms with Crippen molar-refractivity contribution in [3.05, 3.63) is 84.5 Å². The van der Waals surface area contributed by atoms with Gasteiger partial charge in [0.15, 0.2) is 0 Å². The number of allylic oxidation sites excluding steroid dienone is 1. The standard InChI is InChI=1S/C26H30N4O2/c1-2-32-24(31)26(14-6-12-22-10-4-3-5-11-22)15-8-18-29(21-26)20-23-13-7-19-30(23)25-27-16-9-17-28-25/h3-7,9-13,16-17,19H,2,8,14-15,18,20-21H2,1H3. The van der Waals surface area contributed by atoms with E-state index >= 15 is 0 Å². The Morgan fingerprint density at radius 3 is 2.72 bits per heavy atom. The third-order valence-corrected chi connectivity index (χ3v) is 5.97. The highest BCUT2D eigenvalue weighted by Gasteiger charge is 2.42. The lowest BCUT2D eigenvalue weighted by atomic mass is 9.76. The van der Waals surface area contributed by atoms with Crippen LogP contribution in [0.2, 0.25) is 0 Å². The maximum Gasteiger partial charge on any atom is 0.313 e. The van der Waals surface area contributed by atoms with Crippen molar-refractivity contribution in [1.82, 2.24) is 19.4 Å². The minimum Gasteiger partial charge on any atom is -0.466 e. The topological polar surface area (TPSA) is 60.2 Å². The molecule has 1 aliphatic rings. The summed E-state index contributed by atoms with van der Waals surface area (Å²) in [6.45, 7) is 4.63. The predicted molar refractivity (Wildman–Crippen MR) is 125 cm³/mol. The fourth-order valence-electron chi connectivity index (χ4n) is 4.43. The Labute approximate surface area is 189 Å². The first kappa shape index (κ1) is 22.0. The first-order valence-corrected chi connectivity index (χ1v) is 11.2. The molecule has 166 valence electrons. The summed E-state index contributed by atoms with van der Waals surface area (Å²) in [5.41, 5.74) is 1.72. The zero-order valence-electron chi connectivity index (χ0n) is 18.6. The zero-order chi connectivity index (χ0) is 22.2. The van der Waals surface area contributed by atoms with Crippen LogP contribution in [-0.4, -0.2) is 45.1 Å². The molecule has 0 N–H and O–H groups in total. The normalized spacial score (nSPS) is 19.3. The van der Waals surface area contributed by atoms with E-state index in [9.17, 15) is 4.79 Å². The molecular formula is C26H30N4O2. The number of hydrogen-bond acceptors (Lipinski definition) is 5. The van der Waals surface area contributed by atoms with Gasteiger partial charge < -0.3 is 4.74 Å². The minimum absolute atomic E-state index is 0.0933. The van der Waals surface area contributed by atoms with E-state index in [1.54, 1.807) is 12.4 Å². The van der Waals surface area contributed by atoms with Gasteiger partial charge in [-0.3, -0.25) is 14.3 Å². The molecule has 6 nitrogen and oxygen atoms in total. The monoisotopic (exact) mass is 430 g/mol. The summed E-state index contributed by atoms with van der Waals surface area (Å²) in [7, 11) is 0. The summed E-state index contributed by atoms with van der Waals surface area (Å²) in [5.74, 6) is 0.566. The fraction of sp³-hybridized carbons (Fsp3) is 0.346. The number of ether oxygens (including phenoxy) is 1. The lowest BCUT2D eigenvalue weighted by Gasteiger charge is -2.40. The van der Waals surface area contributed by atoms with E-state index in [2.05, 4.69) is 45.2 Å². The number of nitrogens with zero attached hydrogens (tertiary/aromatic N) is 4. The van der Waals surface area contributed by atoms with Crippen molar-refractivity contribution in [1.29, 1.82) is 0 Å². The minimum atomic E-state index is -0.528. The van der Waals surface area contributed by atoms with Crippen molar-refractivity contribution >= 4 is 12.0 Å². The molecule has 0 amide bonds. The molecule has 2 aromatic heterocycles. The van der Waals surface area contributed by atoms with Crippen LogP contribution >= 0.6 is 0 Å². The van der Waals surface area contributed by atoms with Gasteiger partial charge in [0.2, 0.25) is 5.95 Å². The molecule has 1 aliphatic heterocycles. The molecule has 1 atom stereocenters. The molecule has 3 heterocycles. The lowest BCUT2D eigenvalue weighted by molar-refractivity contribution is -0.159. The van der Waals surface area contributed by atoms with Crippen molar-refractivity contribution < 1.29 is 9.53 Å². The Balaban J connectivity index is 1.51. The second-order valence-electron chi connectivity index (χ2n) is 8.25. The molecule has 3 aromatic rings. The number of carbonyl (C=O) groups is 1. The molecule has 0 spiro atoms. The van der Waals surface area contributed by atoms with Gasteiger partial charge in [-0.1, -0.05) is 42.5 Å². The second kappa shape index (κ2) is 10.4. The second-order valence-corrected chi connectivity index (χ2v) is 8.25. The smallest absolute Gasteiger partial charge is 0.313 e. The number of aromatic nitrogens is 3. The molecule has 1 saturated heterocycles. The first-order valence-electron chi connectivity index (χ1n) is 11.2. The number of piperidine rings is 1. The van der Waals surface area contributed by atoms with Gasteiger partial charge >= 0.3 is 5.97 Å². The van der Waals surface area contributed by atoms with Gasteiger partial charge in [-0.2, -0.15) is 0 Å². The molecule has 0 aliphatic carbocycles. The molecule has 0 saturated carbocycles. The van der Waals surface area contributed by atoms with Gasteiger partial charge in [-0.25, -0.2) is 9.97 Å². The van der Waals surface area contributed by atoms with Crippen molar-refractivity contribution in [3.63, 3.8) is 0 Å². The number of likely N-dealkylation sites (tertiary alicyclic amines) is 1. The molecule has 1 fully saturated rings. The van der Waals surface area contributed by atoms with E-state index in [4.69, 9.17) is 4.74 Å². The van der Waals surface area contributed by atoms with Crippen molar-refractivity contribution in [2.45, 2.75) is 32.7 Å². The van der Waals surface area contributed by atoms with E-state index in [1.165, 1.54) is 0 Å². The Morgan fingerprint density at radius 2 is 1.94 bits per heavy atom. The van der Waals surface area contributed by atoms with Gasteiger partial charge in [0.05, 0.1) is 12.0 Å². The van der Waals surface area contributed by atoms with Gasteiger partial charge in [-0.05, 0) is 56.5 Å². The van der Waals surface area contributed by atoms with E-state index < -0.39 is 5.41 Å². The molecule has 6 heteroatoms. The fourth-order valence-corrected chi connectivity index (χ4v) is 4.43. The molecule has 4 rings (SSSR count). The molecule has 32 heavy (non-hydrogen) atoms. The predicted octanol–water partition coefficient (Wildman–Crippen LogP) is 4.52. The van der Waals surface area contributed by atoms with E-state index in [0.29, 0.717) is 25.5 Å². The average molecular weight is 431 g/mol. The maximum atomic E-state index is 13.1. The molecule has 1 aromatic carbocycles. The summed E-state index contributed by atoms with van der Waals surface area (Å²) < 4.78 is 7.55. The lowest BCUT2D eigenvalue weighted by Crippen LogP contribution is -2.48. The van der Waals surface area contributed by atoms with Crippen molar-refractivity contribution in [3.8, 4) is 5.95 Å². The summed E-state index contributed by atoms with van der Waals surface area (Å²) >= 11 is 0. The molecule has 1 unspecified atom stereocenters. The van der Waals surface area contributed by atoms with Crippen LogP contribution in [0.25, 0.3) is 12.0 Å². The first-order chi connectivity index (χ1) is 15.7. The average Bonchev–Trinajstić information content (AvgIpc) is 3.29. The quantitative estimate of drug-likeness (QED) is 0.492. The number of hydrogen-bond donors (Lipinski definition) is 0. The van der Waals surface area contributed by atoms with Crippen molar-refractivity contribution in [2.75, 3.05) is 19.7 Å². The Bertz CT molecular complexity index is 1030. The van der Waals surface area contributed by atoms with Gasteiger partial charge in [0, 0.05) is 37.4 Å². The number of benzene rings is 1. The van der Waals surface area contributed by atoms with Crippen LogP contribution in [0.3, 0.4) is 0 Å². The Hall–Kier alpha value is -3.25. The summed E-state index contributed by atoms with van der Waals surface area (Å²) in [5, 5.41) is 0. The summed E-state index contributed by atoms with van der Waals surface area (Å²) in [6.07, 6.45) is 12.2. The van der Waals surface area contributed by atoms with E-state index in [1.807, 2.05) is 48.0 Å². The Kier molecular flexibility index (Phi) is 7.12. The van der Waals surface area contributed by atoms with Crippen LogP contribution in [0.15, 0.2) is 73.2 Å².